The van der Waals surface area contributed by atoms with E-state index in [1.807, 2.05) is 38.1 Å². The highest BCUT2D eigenvalue weighted by atomic mass is 79.9. The smallest absolute Gasteiger partial charge is 0.222 e. The first kappa shape index (κ1) is 19.6. The molecular weight excluding hydrogens is 358 g/mol. The van der Waals surface area contributed by atoms with Crippen molar-refractivity contribution in [1.82, 2.24) is 10.6 Å². The van der Waals surface area contributed by atoms with Gasteiger partial charge in [-0.2, -0.15) is 0 Å². The number of rotatable bonds is 8. The lowest BCUT2D eigenvalue weighted by Gasteiger charge is -2.27. The minimum Gasteiger partial charge on any atom is -0.354 e. The highest BCUT2D eigenvalue weighted by Gasteiger charge is 2.22. The van der Waals surface area contributed by atoms with Crippen molar-refractivity contribution in [3.63, 3.8) is 0 Å². The molecule has 0 aromatic heterocycles. The maximum atomic E-state index is 12.2. The largest absolute Gasteiger partial charge is 0.354 e. The van der Waals surface area contributed by atoms with E-state index in [9.17, 15) is 9.59 Å². The molecule has 0 heterocycles. The second-order valence-electron chi connectivity index (χ2n) is 5.85. The zero-order chi connectivity index (χ0) is 17.5. The Morgan fingerprint density at radius 2 is 1.78 bits per heavy atom. The van der Waals surface area contributed by atoms with E-state index in [0.717, 1.165) is 22.9 Å². The van der Waals surface area contributed by atoms with E-state index in [-0.39, 0.29) is 29.8 Å². The SMILES string of the molecule is CCC(N)(CC)CNC(=O)CC(NC(C)=O)c1ccc(Br)cc1. The molecule has 23 heavy (non-hydrogen) atoms. The number of amides is 2. The first-order valence-electron chi connectivity index (χ1n) is 7.87. The number of hydrogen-bond acceptors (Lipinski definition) is 3. The Labute approximate surface area is 146 Å². The van der Waals surface area contributed by atoms with E-state index in [4.69, 9.17) is 5.73 Å². The molecule has 1 unspecified atom stereocenters. The van der Waals surface area contributed by atoms with Gasteiger partial charge in [-0.15, -0.1) is 0 Å². The number of nitrogens with two attached hydrogens (primary N) is 1. The molecule has 0 radical (unpaired) electrons. The van der Waals surface area contributed by atoms with Gasteiger partial charge in [-0.3, -0.25) is 9.59 Å². The van der Waals surface area contributed by atoms with E-state index >= 15 is 0 Å². The Hall–Kier alpha value is -1.40. The van der Waals surface area contributed by atoms with Crippen molar-refractivity contribution in [2.75, 3.05) is 6.54 Å². The number of benzene rings is 1. The number of hydrogen-bond donors (Lipinski definition) is 3. The fourth-order valence-electron chi connectivity index (χ4n) is 2.22. The number of carbonyl (C=O) groups excluding carboxylic acids is 2. The van der Waals surface area contributed by atoms with E-state index in [2.05, 4.69) is 26.6 Å². The van der Waals surface area contributed by atoms with Crippen molar-refractivity contribution in [2.24, 2.45) is 5.73 Å². The molecule has 6 heteroatoms. The summed E-state index contributed by atoms with van der Waals surface area (Å²) < 4.78 is 0.950. The molecule has 1 rings (SSSR count). The third-order valence-electron chi connectivity index (χ3n) is 4.09. The van der Waals surface area contributed by atoms with Crippen LogP contribution in [0.2, 0.25) is 0 Å². The highest BCUT2D eigenvalue weighted by molar-refractivity contribution is 9.10. The Bertz CT molecular complexity index is 527. The standard InChI is InChI=1S/C17H26BrN3O2/c1-4-17(19,5-2)11-20-16(23)10-15(21-12(3)22)13-6-8-14(18)9-7-13/h6-9,15H,4-5,10-11,19H2,1-3H3,(H,20,23)(H,21,22). The molecule has 1 atom stereocenters. The zero-order valence-electron chi connectivity index (χ0n) is 14.0. The Morgan fingerprint density at radius 3 is 2.26 bits per heavy atom. The summed E-state index contributed by atoms with van der Waals surface area (Å²) in [4.78, 5) is 23.6. The molecule has 0 aliphatic heterocycles. The van der Waals surface area contributed by atoms with Crippen LogP contribution in [0.5, 0.6) is 0 Å². The van der Waals surface area contributed by atoms with Crippen molar-refractivity contribution in [1.29, 1.82) is 0 Å². The Morgan fingerprint density at radius 1 is 1.22 bits per heavy atom. The maximum Gasteiger partial charge on any atom is 0.222 e. The average molecular weight is 384 g/mol. The van der Waals surface area contributed by atoms with Crippen molar-refractivity contribution in [3.05, 3.63) is 34.3 Å². The van der Waals surface area contributed by atoms with Gasteiger partial charge in [-0.05, 0) is 30.5 Å². The summed E-state index contributed by atoms with van der Waals surface area (Å²) in [5.41, 5.74) is 6.71. The first-order chi connectivity index (χ1) is 10.8. The van der Waals surface area contributed by atoms with Crippen molar-refractivity contribution in [2.45, 2.75) is 51.6 Å². The molecule has 0 spiro atoms. The summed E-state index contributed by atoms with van der Waals surface area (Å²) in [6.07, 6.45) is 1.78. The Kier molecular flexibility index (Phi) is 7.72. The Balaban J connectivity index is 2.71. The second kappa shape index (κ2) is 9.03. The molecule has 0 bridgehead atoms. The molecule has 0 saturated carbocycles. The monoisotopic (exact) mass is 383 g/mol. The van der Waals surface area contributed by atoms with Crippen LogP contribution in [-0.2, 0) is 9.59 Å². The van der Waals surface area contributed by atoms with Crippen LogP contribution in [0.4, 0.5) is 0 Å². The fourth-order valence-corrected chi connectivity index (χ4v) is 2.49. The summed E-state index contributed by atoms with van der Waals surface area (Å²) in [5.74, 6) is -0.288. The molecule has 0 aliphatic carbocycles. The van der Waals surface area contributed by atoms with E-state index in [0.29, 0.717) is 6.54 Å². The average Bonchev–Trinajstić information content (AvgIpc) is 2.52. The van der Waals surface area contributed by atoms with Crippen LogP contribution in [0.3, 0.4) is 0 Å². The van der Waals surface area contributed by atoms with Crippen LogP contribution in [-0.4, -0.2) is 23.9 Å². The lowest BCUT2D eigenvalue weighted by Crippen LogP contribution is -2.49. The molecule has 1 aromatic rings. The summed E-state index contributed by atoms with van der Waals surface area (Å²) in [5, 5.41) is 5.71. The van der Waals surface area contributed by atoms with Gasteiger partial charge in [-0.25, -0.2) is 0 Å². The minimum atomic E-state index is -0.378. The third kappa shape index (κ3) is 6.71. The fraction of sp³-hybridized carbons (Fsp3) is 0.529. The van der Waals surface area contributed by atoms with Gasteiger partial charge in [-0.1, -0.05) is 41.9 Å². The molecule has 0 fully saturated rings. The molecule has 0 saturated heterocycles. The summed E-state index contributed by atoms with van der Waals surface area (Å²) in [6, 6.07) is 7.21. The minimum absolute atomic E-state index is 0.122. The van der Waals surface area contributed by atoms with Crippen LogP contribution in [0.1, 0.15) is 51.6 Å². The van der Waals surface area contributed by atoms with Crippen LogP contribution in [0.15, 0.2) is 28.7 Å². The molecular formula is C17H26BrN3O2. The lowest BCUT2D eigenvalue weighted by atomic mass is 9.94. The van der Waals surface area contributed by atoms with Crippen LogP contribution < -0.4 is 16.4 Å². The lowest BCUT2D eigenvalue weighted by molar-refractivity contribution is -0.123. The van der Waals surface area contributed by atoms with Gasteiger partial charge in [0, 0.05) is 23.5 Å². The molecule has 1 aromatic carbocycles. The van der Waals surface area contributed by atoms with Crippen LogP contribution >= 0.6 is 15.9 Å². The van der Waals surface area contributed by atoms with Crippen molar-refractivity contribution in [3.8, 4) is 0 Å². The summed E-state index contributed by atoms with van der Waals surface area (Å²) in [6.45, 7) is 5.91. The summed E-state index contributed by atoms with van der Waals surface area (Å²) in [7, 11) is 0. The van der Waals surface area contributed by atoms with E-state index in [1.165, 1.54) is 6.92 Å². The number of carbonyl (C=O) groups is 2. The van der Waals surface area contributed by atoms with Gasteiger partial charge in [0.1, 0.15) is 0 Å². The van der Waals surface area contributed by atoms with Gasteiger partial charge in [0.2, 0.25) is 11.8 Å². The molecule has 0 aliphatic rings. The van der Waals surface area contributed by atoms with Crippen molar-refractivity contribution < 1.29 is 9.59 Å². The van der Waals surface area contributed by atoms with Crippen molar-refractivity contribution >= 4 is 27.7 Å². The van der Waals surface area contributed by atoms with Gasteiger partial charge >= 0.3 is 0 Å². The van der Waals surface area contributed by atoms with Gasteiger partial charge in [0.25, 0.3) is 0 Å². The molecule has 128 valence electrons. The zero-order valence-corrected chi connectivity index (χ0v) is 15.6. The van der Waals surface area contributed by atoms with E-state index in [1.54, 1.807) is 0 Å². The molecule has 2 amide bonds. The second-order valence-corrected chi connectivity index (χ2v) is 6.77. The topological polar surface area (TPSA) is 84.2 Å². The molecule has 5 nitrogen and oxygen atoms in total. The van der Waals surface area contributed by atoms with Gasteiger partial charge in [0.15, 0.2) is 0 Å². The number of halogens is 1. The quantitative estimate of drug-likeness (QED) is 0.644. The predicted molar refractivity (Wildman–Crippen MR) is 95.8 cm³/mol. The van der Waals surface area contributed by atoms with Crippen LogP contribution in [0, 0.1) is 0 Å². The molecule has 4 N–H and O–H groups in total. The predicted octanol–water partition coefficient (Wildman–Crippen LogP) is 2.65. The van der Waals surface area contributed by atoms with Gasteiger partial charge < -0.3 is 16.4 Å². The van der Waals surface area contributed by atoms with Crippen LogP contribution in [0.25, 0.3) is 0 Å². The normalized spacial score (nSPS) is 12.6. The van der Waals surface area contributed by atoms with E-state index < -0.39 is 0 Å². The van der Waals surface area contributed by atoms with Gasteiger partial charge in [0.05, 0.1) is 12.5 Å². The number of nitrogens with one attached hydrogen (secondary N) is 2. The summed E-state index contributed by atoms with van der Waals surface area (Å²) >= 11 is 3.38. The first-order valence-corrected chi connectivity index (χ1v) is 8.67. The maximum absolute atomic E-state index is 12.2. The highest BCUT2D eigenvalue weighted by Crippen LogP contribution is 2.20. The third-order valence-corrected chi connectivity index (χ3v) is 4.61.